The first kappa shape index (κ1) is 12.1. The lowest BCUT2D eigenvalue weighted by Gasteiger charge is -2.31. The lowest BCUT2D eigenvalue weighted by molar-refractivity contribution is -0.148. The van der Waals surface area contributed by atoms with Gasteiger partial charge in [0.15, 0.2) is 0 Å². The van der Waals surface area contributed by atoms with Gasteiger partial charge < -0.3 is 10.8 Å². The summed E-state index contributed by atoms with van der Waals surface area (Å²) in [5.74, 6) is -2.02. The molecule has 0 radical (unpaired) electrons. The maximum Gasteiger partial charge on any atom is 0.324 e. The number of nitrogens with two attached hydrogens (primary N) is 1. The molecule has 2 atom stereocenters. The van der Waals surface area contributed by atoms with Crippen molar-refractivity contribution in [2.24, 2.45) is 17.6 Å². The van der Waals surface area contributed by atoms with Crippen LogP contribution in [0.1, 0.15) is 27.7 Å². The van der Waals surface area contributed by atoms with Gasteiger partial charge >= 0.3 is 5.97 Å². The number of carbonyl (C=O) groups excluding carboxylic acids is 1. The number of rotatable bonds is 4. The van der Waals surface area contributed by atoms with E-state index in [9.17, 15) is 9.59 Å². The van der Waals surface area contributed by atoms with E-state index in [0.29, 0.717) is 0 Å². The van der Waals surface area contributed by atoms with Gasteiger partial charge in [0, 0.05) is 5.92 Å². The number of Topliss-reactive ketones (excluding diaryl/α,β-unsaturated/α-hetero) is 1. The molecule has 0 amide bonds. The van der Waals surface area contributed by atoms with E-state index >= 15 is 0 Å². The van der Waals surface area contributed by atoms with Gasteiger partial charge in [-0.1, -0.05) is 13.8 Å². The second kappa shape index (κ2) is 3.87. The molecule has 76 valence electrons. The third-order valence-corrected chi connectivity index (χ3v) is 2.21. The maximum atomic E-state index is 11.2. The Morgan fingerprint density at radius 2 is 1.77 bits per heavy atom. The molecule has 0 fully saturated rings. The maximum absolute atomic E-state index is 11.2. The zero-order valence-electron chi connectivity index (χ0n) is 8.50. The zero-order valence-corrected chi connectivity index (χ0v) is 8.50. The van der Waals surface area contributed by atoms with Crippen LogP contribution in [-0.2, 0) is 9.59 Å². The van der Waals surface area contributed by atoms with Crippen LogP contribution >= 0.6 is 0 Å². The Bertz CT molecular complexity index is 221. The Morgan fingerprint density at radius 1 is 1.38 bits per heavy atom. The molecule has 2 unspecified atom stereocenters. The van der Waals surface area contributed by atoms with Crippen molar-refractivity contribution in [3.05, 3.63) is 0 Å². The first-order chi connectivity index (χ1) is 5.71. The van der Waals surface area contributed by atoms with Crippen molar-refractivity contribution in [3.63, 3.8) is 0 Å². The highest BCUT2D eigenvalue weighted by Gasteiger charge is 2.42. The average molecular weight is 187 g/mol. The van der Waals surface area contributed by atoms with Gasteiger partial charge in [0.1, 0.15) is 11.3 Å². The van der Waals surface area contributed by atoms with Gasteiger partial charge in [0.2, 0.25) is 0 Å². The van der Waals surface area contributed by atoms with Gasteiger partial charge in [0.05, 0.1) is 0 Å². The summed E-state index contributed by atoms with van der Waals surface area (Å²) in [6.07, 6.45) is 0. The van der Waals surface area contributed by atoms with E-state index in [1.165, 1.54) is 13.8 Å². The molecule has 0 saturated carbocycles. The highest BCUT2D eigenvalue weighted by Crippen LogP contribution is 2.24. The number of aliphatic carboxylic acids is 1. The lowest BCUT2D eigenvalue weighted by atomic mass is 9.76. The molecule has 0 aromatic rings. The predicted molar refractivity (Wildman–Crippen MR) is 49.2 cm³/mol. The van der Waals surface area contributed by atoms with Gasteiger partial charge in [0.25, 0.3) is 0 Å². The van der Waals surface area contributed by atoms with Crippen LogP contribution < -0.4 is 5.73 Å². The molecular weight excluding hydrogens is 170 g/mol. The average Bonchev–Trinajstić information content (AvgIpc) is 1.82. The van der Waals surface area contributed by atoms with Crippen molar-refractivity contribution in [2.75, 3.05) is 0 Å². The summed E-state index contributed by atoms with van der Waals surface area (Å²) < 4.78 is 0. The Labute approximate surface area is 78.1 Å². The topological polar surface area (TPSA) is 80.4 Å². The largest absolute Gasteiger partial charge is 0.480 e. The summed E-state index contributed by atoms with van der Waals surface area (Å²) in [6, 6.07) is 0. The minimum Gasteiger partial charge on any atom is -0.480 e. The fraction of sp³-hybridized carbons (Fsp3) is 0.778. The smallest absolute Gasteiger partial charge is 0.324 e. The highest BCUT2D eigenvalue weighted by atomic mass is 16.4. The summed E-state index contributed by atoms with van der Waals surface area (Å²) in [5, 5.41) is 8.83. The number of hydrogen-bond acceptors (Lipinski definition) is 3. The zero-order chi connectivity index (χ0) is 10.8. The third kappa shape index (κ3) is 2.52. The van der Waals surface area contributed by atoms with E-state index in [4.69, 9.17) is 10.8 Å². The van der Waals surface area contributed by atoms with E-state index in [-0.39, 0.29) is 11.7 Å². The van der Waals surface area contributed by atoms with Crippen molar-refractivity contribution in [2.45, 2.75) is 33.2 Å². The van der Waals surface area contributed by atoms with E-state index in [1.54, 1.807) is 13.8 Å². The molecule has 4 nitrogen and oxygen atoms in total. The number of carbonyl (C=O) groups is 2. The minimum absolute atomic E-state index is 0.0661. The van der Waals surface area contributed by atoms with Crippen LogP contribution in [0.5, 0.6) is 0 Å². The van der Waals surface area contributed by atoms with Crippen molar-refractivity contribution in [1.82, 2.24) is 0 Å². The molecule has 0 spiro atoms. The molecule has 0 aliphatic rings. The standard InChI is InChI=1S/C9H17NO3/c1-5(2)7(6(3)11)9(4,10)8(12)13/h5,7H,10H2,1-4H3,(H,12,13). The summed E-state index contributed by atoms with van der Waals surface area (Å²) in [4.78, 5) is 22.0. The van der Waals surface area contributed by atoms with Crippen LogP contribution in [-0.4, -0.2) is 22.4 Å². The van der Waals surface area contributed by atoms with Crippen LogP contribution in [0.4, 0.5) is 0 Å². The van der Waals surface area contributed by atoms with Gasteiger partial charge in [-0.2, -0.15) is 0 Å². The molecular formula is C9H17NO3. The van der Waals surface area contributed by atoms with Crippen molar-refractivity contribution in [1.29, 1.82) is 0 Å². The summed E-state index contributed by atoms with van der Waals surface area (Å²) in [6.45, 7) is 6.33. The quantitative estimate of drug-likeness (QED) is 0.677. The normalized spacial score (nSPS) is 18.0. The van der Waals surface area contributed by atoms with Gasteiger partial charge in [-0.15, -0.1) is 0 Å². The number of ketones is 1. The van der Waals surface area contributed by atoms with Crippen molar-refractivity contribution >= 4 is 11.8 Å². The monoisotopic (exact) mass is 187 g/mol. The second-order valence-corrected chi connectivity index (χ2v) is 3.92. The van der Waals surface area contributed by atoms with E-state index < -0.39 is 17.4 Å². The highest BCUT2D eigenvalue weighted by molar-refractivity contribution is 5.89. The molecule has 0 bridgehead atoms. The number of carboxylic acids is 1. The summed E-state index contributed by atoms with van der Waals surface area (Å²) >= 11 is 0. The Hall–Kier alpha value is -0.900. The van der Waals surface area contributed by atoms with E-state index in [0.717, 1.165) is 0 Å². The molecule has 0 saturated heterocycles. The first-order valence-electron chi connectivity index (χ1n) is 4.24. The molecule has 0 aliphatic carbocycles. The van der Waals surface area contributed by atoms with Crippen molar-refractivity contribution in [3.8, 4) is 0 Å². The third-order valence-electron chi connectivity index (χ3n) is 2.21. The molecule has 13 heavy (non-hydrogen) atoms. The SMILES string of the molecule is CC(=O)C(C(C)C)C(C)(N)C(=O)O. The van der Waals surface area contributed by atoms with Crippen LogP contribution in [0.2, 0.25) is 0 Å². The number of hydrogen-bond donors (Lipinski definition) is 2. The van der Waals surface area contributed by atoms with Gasteiger partial charge in [-0.3, -0.25) is 9.59 Å². The first-order valence-corrected chi connectivity index (χ1v) is 4.24. The molecule has 0 aromatic heterocycles. The lowest BCUT2D eigenvalue weighted by Crippen LogP contribution is -2.55. The Morgan fingerprint density at radius 3 is 1.85 bits per heavy atom. The molecule has 4 heteroatoms. The number of carboxylic acid groups (broad SMARTS) is 1. The molecule has 0 heterocycles. The molecule has 0 aromatic carbocycles. The van der Waals surface area contributed by atoms with Gasteiger partial charge in [-0.05, 0) is 19.8 Å². The van der Waals surface area contributed by atoms with E-state index in [1.807, 2.05) is 0 Å². The fourth-order valence-electron chi connectivity index (χ4n) is 1.72. The van der Waals surface area contributed by atoms with Crippen LogP contribution in [0, 0.1) is 11.8 Å². The minimum atomic E-state index is -1.47. The Kier molecular flexibility index (Phi) is 3.60. The second-order valence-electron chi connectivity index (χ2n) is 3.92. The van der Waals surface area contributed by atoms with Crippen LogP contribution in [0.3, 0.4) is 0 Å². The fourth-order valence-corrected chi connectivity index (χ4v) is 1.72. The Balaban J connectivity index is 4.94. The predicted octanol–water partition coefficient (Wildman–Crippen LogP) is 0.650. The summed E-state index contributed by atoms with van der Waals surface area (Å²) in [7, 11) is 0. The summed E-state index contributed by atoms with van der Waals surface area (Å²) in [5.41, 5.74) is 4.11. The molecule has 0 aliphatic heterocycles. The van der Waals surface area contributed by atoms with Crippen LogP contribution in [0.25, 0.3) is 0 Å². The molecule has 3 N–H and O–H groups in total. The van der Waals surface area contributed by atoms with Crippen LogP contribution in [0.15, 0.2) is 0 Å². The van der Waals surface area contributed by atoms with E-state index in [2.05, 4.69) is 0 Å². The van der Waals surface area contributed by atoms with Gasteiger partial charge in [-0.25, -0.2) is 0 Å². The molecule has 0 rings (SSSR count). The van der Waals surface area contributed by atoms with Crippen molar-refractivity contribution < 1.29 is 14.7 Å².